The van der Waals surface area contributed by atoms with Crippen LogP contribution in [0.4, 0.5) is 10.1 Å². The molecule has 0 aliphatic carbocycles. The van der Waals surface area contributed by atoms with Gasteiger partial charge in [-0.05, 0) is 54.9 Å². The summed E-state index contributed by atoms with van der Waals surface area (Å²) in [6.45, 7) is 1.11. The smallest absolute Gasteiger partial charge is 0.124 e. The normalized spacial score (nSPS) is 24.3. The second-order valence-electron chi connectivity index (χ2n) is 6.38. The van der Waals surface area contributed by atoms with Crippen LogP contribution in [0.15, 0.2) is 42.5 Å². The Balaban J connectivity index is 1.66. The van der Waals surface area contributed by atoms with E-state index in [1.54, 1.807) is 12.1 Å². The lowest BCUT2D eigenvalue weighted by Crippen LogP contribution is -2.40. The fourth-order valence-corrected chi connectivity index (χ4v) is 3.73. The molecule has 24 heavy (non-hydrogen) atoms. The van der Waals surface area contributed by atoms with Crippen LogP contribution in [-0.2, 0) is 0 Å². The molecule has 2 aliphatic rings. The predicted octanol–water partition coefficient (Wildman–Crippen LogP) is 2.66. The largest absolute Gasteiger partial charge is 0.394 e. The van der Waals surface area contributed by atoms with Crippen LogP contribution in [0.2, 0.25) is 0 Å². The first kappa shape index (κ1) is 15.2. The minimum atomic E-state index is -0.274. The van der Waals surface area contributed by atoms with E-state index in [-0.39, 0.29) is 24.5 Å². The molecule has 1 fully saturated rings. The van der Waals surface area contributed by atoms with Crippen LogP contribution < -0.4 is 10.6 Å². The maximum Gasteiger partial charge on any atom is 0.124 e. The number of halogens is 1. The Bertz CT molecular complexity index is 824. The van der Waals surface area contributed by atoms with Crippen molar-refractivity contribution in [2.45, 2.75) is 18.5 Å². The summed E-state index contributed by atoms with van der Waals surface area (Å²) < 4.78 is 13.2. The van der Waals surface area contributed by atoms with Gasteiger partial charge in [0.25, 0.3) is 0 Å². The zero-order valence-electron chi connectivity index (χ0n) is 13.2. The maximum atomic E-state index is 13.2. The highest BCUT2D eigenvalue weighted by molar-refractivity contribution is 5.60. The quantitative estimate of drug-likeness (QED) is 0.707. The lowest BCUT2D eigenvalue weighted by molar-refractivity contribution is 0.224. The van der Waals surface area contributed by atoms with Gasteiger partial charge in [-0.25, -0.2) is 4.39 Å². The molecule has 0 amide bonds. The Labute approximate surface area is 140 Å². The monoisotopic (exact) mass is 322 g/mol. The highest BCUT2D eigenvalue weighted by atomic mass is 19.1. The van der Waals surface area contributed by atoms with Crippen LogP contribution in [-0.4, -0.2) is 24.3 Å². The average Bonchev–Trinajstić information content (AvgIpc) is 3.09. The Morgan fingerprint density at radius 3 is 2.75 bits per heavy atom. The zero-order valence-corrected chi connectivity index (χ0v) is 13.2. The number of nitrogens with one attached hydrogen (secondary N) is 2. The van der Waals surface area contributed by atoms with E-state index in [2.05, 4.69) is 28.5 Å². The van der Waals surface area contributed by atoms with Crippen molar-refractivity contribution in [1.29, 1.82) is 0 Å². The van der Waals surface area contributed by atoms with Crippen LogP contribution in [0.1, 0.15) is 29.2 Å². The number of rotatable bonds is 1. The minimum Gasteiger partial charge on any atom is -0.394 e. The summed E-state index contributed by atoms with van der Waals surface area (Å²) in [5.74, 6) is 6.26. The van der Waals surface area contributed by atoms with Gasteiger partial charge in [-0.15, -0.1) is 0 Å². The first-order valence-electron chi connectivity index (χ1n) is 8.27. The summed E-state index contributed by atoms with van der Waals surface area (Å²) >= 11 is 0. The SMILES string of the molecule is OC[C@@H]1Nc2ccc(C#Cc3cccc(F)c3)cc2[C@@H]2NCC[C@H]12. The van der Waals surface area contributed by atoms with Crippen molar-refractivity contribution in [2.24, 2.45) is 5.92 Å². The molecule has 0 unspecified atom stereocenters. The second-order valence-corrected chi connectivity index (χ2v) is 6.38. The highest BCUT2D eigenvalue weighted by Crippen LogP contribution is 2.41. The number of aliphatic hydroxyl groups is 1. The van der Waals surface area contributed by atoms with Gasteiger partial charge in [0, 0.05) is 28.8 Å². The fraction of sp³-hybridized carbons (Fsp3) is 0.300. The summed E-state index contributed by atoms with van der Waals surface area (Å²) in [5, 5.41) is 16.6. The van der Waals surface area contributed by atoms with Crippen molar-refractivity contribution in [2.75, 3.05) is 18.5 Å². The molecule has 3 N–H and O–H groups in total. The molecule has 2 heterocycles. The van der Waals surface area contributed by atoms with Gasteiger partial charge in [0.05, 0.1) is 12.6 Å². The molecule has 0 radical (unpaired) electrons. The predicted molar refractivity (Wildman–Crippen MR) is 92.2 cm³/mol. The molecular weight excluding hydrogens is 303 g/mol. The molecule has 0 bridgehead atoms. The highest BCUT2D eigenvalue weighted by Gasteiger charge is 2.39. The van der Waals surface area contributed by atoms with Gasteiger partial charge in [-0.3, -0.25) is 0 Å². The number of aliphatic hydroxyl groups excluding tert-OH is 1. The number of anilines is 1. The Morgan fingerprint density at radius 2 is 1.96 bits per heavy atom. The molecule has 1 saturated heterocycles. The summed E-state index contributed by atoms with van der Waals surface area (Å²) in [4.78, 5) is 0. The second kappa shape index (κ2) is 6.27. The third-order valence-corrected chi connectivity index (χ3v) is 4.89. The minimum absolute atomic E-state index is 0.0988. The van der Waals surface area contributed by atoms with E-state index in [0.717, 1.165) is 24.2 Å². The van der Waals surface area contributed by atoms with E-state index in [1.165, 1.54) is 17.7 Å². The van der Waals surface area contributed by atoms with Crippen molar-refractivity contribution in [1.82, 2.24) is 5.32 Å². The Hall–Kier alpha value is -2.35. The molecule has 4 heteroatoms. The van der Waals surface area contributed by atoms with Gasteiger partial charge >= 0.3 is 0 Å². The third-order valence-electron chi connectivity index (χ3n) is 4.89. The molecule has 3 nitrogen and oxygen atoms in total. The maximum absolute atomic E-state index is 13.2. The van der Waals surface area contributed by atoms with Crippen LogP contribution in [0.3, 0.4) is 0 Å². The van der Waals surface area contributed by atoms with Gasteiger partial charge in [0.2, 0.25) is 0 Å². The van der Waals surface area contributed by atoms with Crippen molar-refractivity contribution >= 4 is 5.69 Å². The van der Waals surface area contributed by atoms with Gasteiger partial charge in [0.15, 0.2) is 0 Å². The van der Waals surface area contributed by atoms with E-state index < -0.39 is 0 Å². The average molecular weight is 322 g/mol. The van der Waals surface area contributed by atoms with Crippen molar-refractivity contribution < 1.29 is 9.50 Å². The summed E-state index contributed by atoms with van der Waals surface area (Å²) in [6.07, 6.45) is 1.06. The van der Waals surface area contributed by atoms with Gasteiger partial charge < -0.3 is 15.7 Å². The number of hydrogen-bond donors (Lipinski definition) is 3. The molecule has 0 spiro atoms. The van der Waals surface area contributed by atoms with E-state index in [1.807, 2.05) is 12.1 Å². The molecular formula is C20H19FN2O. The van der Waals surface area contributed by atoms with Crippen LogP contribution >= 0.6 is 0 Å². The Morgan fingerprint density at radius 1 is 1.12 bits per heavy atom. The summed E-state index contributed by atoms with van der Waals surface area (Å²) in [6, 6.07) is 12.8. The molecule has 2 aromatic carbocycles. The number of fused-ring (bicyclic) bond motifs is 3. The first-order valence-corrected chi connectivity index (χ1v) is 8.27. The molecule has 0 saturated carbocycles. The zero-order chi connectivity index (χ0) is 16.5. The Kier molecular flexibility index (Phi) is 3.97. The van der Waals surface area contributed by atoms with E-state index in [0.29, 0.717) is 11.5 Å². The number of benzene rings is 2. The third kappa shape index (κ3) is 2.77. The molecule has 2 aromatic rings. The first-order chi connectivity index (χ1) is 11.7. The molecule has 2 aliphatic heterocycles. The summed E-state index contributed by atoms with van der Waals surface area (Å²) in [5.41, 5.74) is 3.84. The van der Waals surface area contributed by atoms with E-state index in [4.69, 9.17) is 0 Å². The van der Waals surface area contributed by atoms with E-state index >= 15 is 0 Å². The number of hydrogen-bond acceptors (Lipinski definition) is 3. The van der Waals surface area contributed by atoms with Gasteiger partial charge in [0.1, 0.15) is 5.82 Å². The van der Waals surface area contributed by atoms with Crippen molar-refractivity contribution in [3.63, 3.8) is 0 Å². The van der Waals surface area contributed by atoms with Gasteiger partial charge in [-0.1, -0.05) is 17.9 Å². The van der Waals surface area contributed by atoms with Crippen LogP contribution in [0, 0.1) is 23.6 Å². The molecule has 4 rings (SSSR count). The van der Waals surface area contributed by atoms with Crippen molar-refractivity contribution in [3.05, 3.63) is 65.0 Å². The van der Waals surface area contributed by atoms with Crippen LogP contribution in [0.5, 0.6) is 0 Å². The topological polar surface area (TPSA) is 44.3 Å². The van der Waals surface area contributed by atoms with Crippen LogP contribution in [0.25, 0.3) is 0 Å². The van der Waals surface area contributed by atoms with Crippen molar-refractivity contribution in [3.8, 4) is 11.8 Å². The van der Waals surface area contributed by atoms with E-state index in [9.17, 15) is 9.50 Å². The standard InChI is InChI=1S/C20H19FN2O/c21-15-3-1-2-13(10-15)4-5-14-6-7-18-17(11-14)20-16(8-9-22-20)19(12-24)23-18/h1-3,6-7,10-11,16,19-20,22-24H,8-9,12H2/t16-,19+,20-/m1/s1. The molecule has 3 atom stereocenters. The van der Waals surface area contributed by atoms with Gasteiger partial charge in [-0.2, -0.15) is 0 Å². The lowest BCUT2D eigenvalue weighted by atomic mass is 9.83. The molecule has 122 valence electrons. The fourth-order valence-electron chi connectivity index (χ4n) is 3.73. The summed E-state index contributed by atoms with van der Waals surface area (Å²) in [7, 11) is 0. The molecule has 0 aromatic heterocycles. The lowest BCUT2D eigenvalue weighted by Gasteiger charge is -2.36.